The largest absolute Gasteiger partial charge is 0.475 e. The Balaban J connectivity index is 0.00000422. The van der Waals surface area contributed by atoms with Gasteiger partial charge in [0.2, 0.25) is 5.88 Å². The summed E-state index contributed by atoms with van der Waals surface area (Å²) in [5.74, 6) is -1.16. The lowest BCUT2D eigenvalue weighted by Crippen LogP contribution is -2.42. The van der Waals surface area contributed by atoms with Gasteiger partial charge in [-0.2, -0.15) is 38.9 Å². The van der Waals surface area contributed by atoms with Gasteiger partial charge in [-0.3, -0.25) is 0 Å². The number of hydrogen-bond acceptors (Lipinski definition) is 8. The predicted molar refractivity (Wildman–Crippen MR) is 159 cm³/mol. The van der Waals surface area contributed by atoms with Crippen LogP contribution in [0.5, 0.6) is 5.88 Å². The molecule has 1 heterocycles. The van der Waals surface area contributed by atoms with Gasteiger partial charge in [0.1, 0.15) is 17.1 Å². The van der Waals surface area contributed by atoms with Gasteiger partial charge in [-0.1, -0.05) is 19.9 Å². The molecular weight excluding hydrogens is 618 g/mol. The van der Waals surface area contributed by atoms with E-state index in [0.29, 0.717) is 0 Å². The zero-order valence-electron chi connectivity index (χ0n) is 25.1. The van der Waals surface area contributed by atoms with Gasteiger partial charge in [0.15, 0.2) is 0 Å². The second kappa shape index (κ2) is 17.7. The van der Waals surface area contributed by atoms with Crippen molar-refractivity contribution in [3.63, 3.8) is 0 Å². The summed E-state index contributed by atoms with van der Waals surface area (Å²) < 4.78 is 91.2. The van der Waals surface area contributed by atoms with Crippen molar-refractivity contribution in [3.05, 3.63) is 53.0 Å². The van der Waals surface area contributed by atoms with E-state index in [9.17, 15) is 35.6 Å². The Morgan fingerprint density at radius 2 is 1.58 bits per heavy atom. The molecule has 4 N–H and O–H groups in total. The Hall–Kier alpha value is -3.31. The standard InChI is InChI=1S/C23H29F4N5O6S.C2H6.CH4S/c1-13(2)37-19-15(7-9-18(31-19)23(25,26)27)11-28-20(33)30-16-8-6-14(17(24)10-16)12-29-39(35,36)32-21(34)38-22(3,4)5;2*1-2/h6-10,13,29H,11-12H2,1-5H3,(H,32,34)(H2,28,30,33);1-2H3;2H,1H3. The third kappa shape index (κ3) is 15.6. The number of nitrogens with one attached hydrogen (secondary N) is 4. The van der Waals surface area contributed by atoms with Gasteiger partial charge >= 0.3 is 28.5 Å². The van der Waals surface area contributed by atoms with Gasteiger partial charge in [-0.25, -0.2) is 23.7 Å². The molecular formula is C26H39F4N5O6S2. The molecule has 0 aliphatic rings. The van der Waals surface area contributed by atoms with E-state index in [-0.39, 0.29) is 29.2 Å². The molecule has 0 saturated heterocycles. The topological polar surface area (TPSA) is 148 Å². The number of ether oxygens (including phenoxy) is 2. The molecule has 43 heavy (non-hydrogen) atoms. The molecule has 0 bridgehead atoms. The van der Waals surface area contributed by atoms with Gasteiger partial charge in [-0.15, -0.1) is 0 Å². The van der Waals surface area contributed by atoms with E-state index in [4.69, 9.17) is 9.47 Å². The molecule has 3 amide bonds. The molecule has 0 radical (unpaired) electrons. The number of carbonyl (C=O) groups excluding carboxylic acids is 2. The molecule has 1 aromatic heterocycles. The fourth-order valence-electron chi connectivity index (χ4n) is 2.82. The highest BCUT2D eigenvalue weighted by atomic mass is 32.2. The van der Waals surface area contributed by atoms with Crippen LogP contribution >= 0.6 is 12.6 Å². The maximum Gasteiger partial charge on any atom is 0.433 e. The van der Waals surface area contributed by atoms with E-state index >= 15 is 0 Å². The van der Waals surface area contributed by atoms with E-state index in [2.05, 4.69) is 28.2 Å². The minimum Gasteiger partial charge on any atom is -0.475 e. The molecule has 0 atom stereocenters. The van der Waals surface area contributed by atoms with Crippen molar-refractivity contribution < 1.29 is 45.0 Å². The first-order valence-electron chi connectivity index (χ1n) is 12.9. The van der Waals surface area contributed by atoms with Crippen LogP contribution in [-0.4, -0.2) is 43.5 Å². The lowest BCUT2D eigenvalue weighted by Gasteiger charge is -2.19. The number of amides is 3. The molecule has 11 nitrogen and oxygen atoms in total. The maximum atomic E-state index is 14.5. The van der Waals surface area contributed by atoms with Crippen LogP contribution in [0.25, 0.3) is 0 Å². The van der Waals surface area contributed by atoms with Gasteiger partial charge < -0.3 is 20.1 Å². The molecule has 244 valence electrons. The molecule has 0 fully saturated rings. The van der Waals surface area contributed by atoms with Crippen molar-refractivity contribution in [1.82, 2.24) is 19.7 Å². The van der Waals surface area contributed by atoms with Crippen LogP contribution in [0, 0.1) is 5.82 Å². The van der Waals surface area contributed by atoms with Gasteiger partial charge in [0.05, 0.1) is 6.10 Å². The van der Waals surface area contributed by atoms with Crippen LogP contribution in [0.1, 0.15) is 65.3 Å². The first-order chi connectivity index (χ1) is 19.8. The minimum atomic E-state index is -4.68. The second-order valence-electron chi connectivity index (χ2n) is 9.37. The van der Waals surface area contributed by atoms with Crippen molar-refractivity contribution in [2.24, 2.45) is 0 Å². The number of urea groups is 1. The Bertz CT molecular complexity index is 1300. The highest BCUT2D eigenvalue weighted by Gasteiger charge is 2.33. The number of rotatable bonds is 9. The molecule has 0 spiro atoms. The Morgan fingerprint density at radius 1 is 1.00 bits per heavy atom. The molecule has 0 unspecified atom stereocenters. The molecule has 17 heteroatoms. The van der Waals surface area contributed by atoms with Crippen LogP contribution in [0.4, 0.5) is 32.8 Å². The quantitative estimate of drug-likeness (QED) is 0.170. The number of benzene rings is 1. The van der Waals surface area contributed by atoms with E-state index in [1.807, 2.05) is 18.6 Å². The first-order valence-corrected chi connectivity index (χ1v) is 15.2. The summed E-state index contributed by atoms with van der Waals surface area (Å²) in [6.07, 6.45) is -4.67. The van der Waals surface area contributed by atoms with Gasteiger partial charge in [-0.05, 0) is 65.1 Å². The number of carbonyl (C=O) groups is 2. The summed E-state index contributed by atoms with van der Waals surface area (Å²) in [6.45, 7) is 11.1. The summed E-state index contributed by atoms with van der Waals surface area (Å²) in [4.78, 5) is 27.4. The van der Waals surface area contributed by atoms with Crippen LogP contribution in [-0.2, 0) is 34.2 Å². The molecule has 0 saturated carbocycles. The van der Waals surface area contributed by atoms with Crippen LogP contribution < -0.4 is 24.8 Å². The molecule has 0 aliphatic carbocycles. The number of hydrogen-bond donors (Lipinski definition) is 5. The zero-order valence-corrected chi connectivity index (χ0v) is 26.9. The Labute approximate surface area is 255 Å². The zero-order chi connectivity index (χ0) is 33.6. The Morgan fingerprint density at radius 3 is 2.09 bits per heavy atom. The van der Waals surface area contributed by atoms with Crippen molar-refractivity contribution >= 4 is 40.6 Å². The average Bonchev–Trinajstić information content (AvgIpc) is 2.87. The van der Waals surface area contributed by atoms with Crippen LogP contribution in [0.3, 0.4) is 0 Å². The lowest BCUT2D eigenvalue weighted by atomic mass is 10.2. The fraction of sp³-hybridized carbons (Fsp3) is 0.500. The lowest BCUT2D eigenvalue weighted by molar-refractivity contribution is -0.141. The minimum absolute atomic E-state index is 0.00712. The molecule has 2 rings (SSSR count). The monoisotopic (exact) mass is 657 g/mol. The van der Waals surface area contributed by atoms with E-state index in [0.717, 1.165) is 18.2 Å². The average molecular weight is 658 g/mol. The van der Waals surface area contributed by atoms with Crippen molar-refractivity contribution in [2.75, 3.05) is 11.6 Å². The number of nitrogens with zero attached hydrogens (tertiary/aromatic N) is 1. The maximum absolute atomic E-state index is 14.5. The van der Waals surface area contributed by atoms with E-state index < -0.39 is 58.3 Å². The first kappa shape index (κ1) is 39.7. The highest BCUT2D eigenvalue weighted by molar-refractivity contribution is 7.88. The second-order valence-corrected chi connectivity index (χ2v) is 10.9. The van der Waals surface area contributed by atoms with E-state index in [1.54, 1.807) is 45.6 Å². The number of halogens is 4. The number of aromatic nitrogens is 1. The third-order valence-electron chi connectivity index (χ3n) is 4.40. The van der Waals surface area contributed by atoms with Crippen LogP contribution in [0.15, 0.2) is 30.3 Å². The van der Waals surface area contributed by atoms with Crippen LogP contribution in [0.2, 0.25) is 0 Å². The molecule has 1 aromatic carbocycles. The normalized spacial score (nSPS) is 11.3. The third-order valence-corrected chi connectivity index (χ3v) is 5.36. The molecule has 2 aromatic rings. The van der Waals surface area contributed by atoms with Gasteiger partial charge in [0, 0.05) is 29.9 Å². The summed E-state index contributed by atoms with van der Waals surface area (Å²) in [5.41, 5.74) is -1.99. The number of thiol groups is 1. The summed E-state index contributed by atoms with van der Waals surface area (Å²) >= 11 is 3.53. The predicted octanol–water partition coefficient (Wildman–Crippen LogP) is 5.78. The van der Waals surface area contributed by atoms with Crippen molar-refractivity contribution in [3.8, 4) is 5.88 Å². The fourth-order valence-corrected chi connectivity index (χ4v) is 3.50. The summed E-state index contributed by atoms with van der Waals surface area (Å²) in [7, 11) is -4.35. The molecule has 0 aliphatic heterocycles. The number of anilines is 1. The van der Waals surface area contributed by atoms with Crippen molar-refractivity contribution in [2.45, 2.75) is 79.4 Å². The Kier molecular flexibility index (Phi) is 16.4. The number of pyridine rings is 1. The summed E-state index contributed by atoms with van der Waals surface area (Å²) in [6, 6.07) is 4.50. The van der Waals surface area contributed by atoms with Gasteiger partial charge in [0.25, 0.3) is 0 Å². The van der Waals surface area contributed by atoms with Crippen molar-refractivity contribution in [1.29, 1.82) is 0 Å². The smallest absolute Gasteiger partial charge is 0.433 e. The SMILES string of the molecule is CC.CC(C)Oc1nc(C(F)(F)F)ccc1CNC(=O)Nc1ccc(CNS(=O)(=O)NC(=O)OC(C)(C)C)c(F)c1.CS. The summed E-state index contributed by atoms with van der Waals surface area (Å²) in [5, 5.41) is 4.77. The number of alkyl halides is 3. The highest BCUT2D eigenvalue weighted by Crippen LogP contribution is 2.30. The van der Waals surface area contributed by atoms with E-state index in [1.165, 1.54) is 12.1 Å².